The Balaban J connectivity index is 1.76. The van der Waals surface area contributed by atoms with E-state index in [-0.39, 0.29) is 18.1 Å². The first kappa shape index (κ1) is 13.1. The summed E-state index contributed by atoms with van der Waals surface area (Å²) in [7, 11) is 0. The molecule has 3 rings (SSSR count). The summed E-state index contributed by atoms with van der Waals surface area (Å²) in [6.07, 6.45) is 0. The first-order chi connectivity index (χ1) is 10.1. The van der Waals surface area contributed by atoms with Gasteiger partial charge in [0.1, 0.15) is 5.75 Å². The number of hydrogen-bond acceptors (Lipinski definition) is 5. The minimum atomic E-state index is -0.982. The van der Waals surface area contributed by atoms with Crippen molar-refractivity contribution < 1.29 is 24.5 Å². The van der Waals surface area contributed by atoms with Gasteiger partial charge >= 0.3 is 5.97 Å². The van der Waals surface area contributed by atoms with Gasteiger partial charge in [0.05, 0.1) is 5.56 Å². The summed E-state index contributed by atoms with van der Waals surface area (Å²) in [5.41, 5.74) is 1.50. The molecule has 1 heterocycles. The number of aromatic carboxylic acids is 1. The molecule has 6 heteroatoms. The third-order valence-corrected chi connectivity index (χ3v) is 3.17. The topological polar surface area (TPSA) is 88.0 Å². The summed E-state index contributed by atoms with van der Waals surface area (Å²) in [6.45, 7) is 0.484. The molecular formula is C15H13NO5. The van der Waals surface area contributed by atoms with E-state index in [9.17, 15) is 9.90 Å². The van der Waals surface area contributed by atoms with Gasteiger partial charge in [-0.2, -0.15) is 0 Å². The molecule has 108 valence electrons. The van der Waals surface area contributed by atoms with Gasteiger partial charge in [0.25, 0.3) is 0 Å². The minimum Gasteiger partial charge on any atom is -0.507 e. The Morgan fingerprint density at radius 1 is 1.19 bits per heavy atom. The number of rotatable bonds is 4. The van der Waals surface area contributed by atoms with Gasteiger partial charge in [-0.05, 0) is 24.3 Å². The largest absolute Gasteiger partial charge is 0.507 e. The predicted molar refractivity (Wildman–Crippen MR) is 75.0 cm³/mol. The fourth-order valence-electron chi connectivity index (χ4n) is 2.07. The first-order valence-corrected chi connectivity index (χ1v) is 6.32. The smallest absolute Gasteiger partial charge is 0.335 e. The molecule has 0 atom stereocenters. The maximum atomic E-state index is 10.9. The number of anilines is 1. The van der Waals surface area contributed by atoms with Crippen molar-refractivity contribution in [3.63, 3.8) is 0 Å². The zero-order chi connectivity index (χ0) is 14.8. The van der Waals surface area contributed by atoms with E-state index in [0.29, 0.717) is 29.3 Å². The van der Waals surface area contributed by atoms with Crippen LogP contribution in [0.5, 0.6) is 17.2 Å². The summed E-state index contributed by atoms with van der Waals surface area (Å²) < 4.78 is 10.4. The minimum absolute atomic E-state index is 0.0983. The Hall–Kier alpha value is -2.89. The fraction of sp³-hybridized carbons (Fsp3) is 0.133. The molecule has 3 N–H and O–H groups in total. The van der Waals surface area contributed by atoms with Gasteiger partial charge in [-0.25, -0.2) is 4.79 Å². The number of phenols is 1. The van der Waals surface area contributed by atoms with Gasteiger partial charge in [0.2, 0.25) is 6.79 Å². The van der Waals surface area contributed by atoms with Gasteiger partial charge in [0, 0.05) is 23.9 Å². The molecule has 1 aliphatic rings. The summed E-state index contributed by atoms with van der Waals surface area (Å²) >= 11 is 0. The van der Waals surface area contributed by atoms with Crippen molar-refractivity contribution in [1.82, 2.24) is 0 Å². The van der Waals surface area contributed by atoms with Crippen LogP contribution < -0.4 is 14.8 Å². The van der Waals surface area contributed by atoms with Crippen LogP contribution in [-0.4, -0.2) is 23.0 Å². The van der Waals surface area contributed by atoms with Crippen molar-refractivity contribution in [2.24, 2.45) is 0 Å². The van der Waals surface area contributed by atoms with E-state index in [1.165, 1.54) is 18.2 Å². The molecule has 0 bridgehead atoms. The van der Waals surface area contributed by atoms with E-state index in [0.717, 1.165) is 0 Å². The van der Waals surface area contributed by atoms with E-state index in [1.807, 2.05) is 0 Å². The lowest BCUT2D eigenvalue weighted by Crippen LogP contribution is -2.02. The van der Waals surface area contributed by atoms with Crippen molar-refractivity contribution in [2.75, 3.05) is 12.1 Å². The third kappa shape index (κ3) is 2.69. The Morgan fingerprint density at radius 2 is 1.95 bits per heavy atom. The number of carbonyl (C=O) groups is 1. The molecule has 2 aromatic rings. The highest BCUT2D eigenvalue weighted by molar-refractivity contribution is 5.88. The van der Waals surface area contributed by atoms with Crippen LogP contribution in [0, 0.1) is 0 Å². The van der Waals surface area contributed by atoms with E-state index in [1.54, 1.807) is 18.2 Å². The van der Waals surface area contributed by atoms with Crippen molar-refractivity contribution >= 4 is 11.7 Å². The number of phenolic OH excluding ortho intramolecular Hbond substituents is 1. The fourth-order valence-corrected chi connectivity index (χ4v) is 2.07. The van der Waals surface area contributed by atoms with Gasteiger partial charge in [0.15, 0.2) is 11.5 Å². The second-order valence-electron chi connectivity index (χ2n) is 4.57. The van der Waals surface area contributed by atoms with Crippen LogP contribution in [0.1, 0.15) is 15.9 Å². The van der Waals surface area contributed by atoms with Crippen LogP contribution in [0.15, 0.2) is 36.4 Å². The molecule has 0 saturated heterocycles. The van der Waals surface area contributed by atoms with Gasteiger partial charge in [-0.15, -0.1) is 0 Å². The lowest BCUT2D eigenvalue weighted by Gasteiger charge is -2.09. The molecule has 0 aromatic heterocycles. The van der Waals surface area contributed by atoms with Crippen LogP contribution in [-0.2, 0) is 6.54 Å². The Labute approximate surface area is 120 Å². The molecule has 0 spiro atoms. The zero-order valence-corrected chi connectivity index (χ0v) is 11.0. The Morgan fingerprint density at radius 3 is 2.71 bits per heavy atom. The molecule has 0 saturated carbocycles. The number of aromatic hydroxyl groups is 1. The molecule has 21 heavy (non-hydrogen) atoms. The highest BCUT2D eigenvalue weighted by Gasteiger charge is 2.16. The molecule has 1 aliphatic heterocycles. The van der Waals surface area contributed by atoms with Gasteiger partial charge in [-0.1, -0.05) is 6.07 Å². The summed E-state index contributed by atoms with van der Waals surface area (Å²) in [5, 5.41) is 21.9. The highest BCUT2D eigenvalue weighted by Crippen LogP contribution is 2.37. The standard InChI is InChI=1S/C15H13NO5/c17-12-6-14-13(20-8-21-14)5-10(12)7-16-11-3-1-2-9(4-11)15(18)19/h1-6,16-17H,7-8H2,(H,18,19). The number of benzene rings is 2. The average Bonchev–Trinajstić information content (AvgIpc) is 2.92. The Kier molecular flexibility index (Phi) is 3.27. The van der Waals surface area contributed by atoms with Gasteiger partial charge < -0.3 is 25.0 Å². The number of carboxylic acid groups (broad SMARTS) is 1. The lowest BCUT2D eigenvalue weighted by atomic mass is 10.1. The van der Waals surface area contributed by atoms with Crippen LogP contribution >= 0.6 is 0 Å². The molecule has 0 amide bonds. The number of carboxylic acids is 1. The zero-order valence-electron chi connectivity index (χ0n) is 11.0. The summed E-state index contributed by atoms with van der Waals surface area (Å²) in [6, 6.07) is 9.68. The second kappa shape index (κ2) is 5.24. The Bertz CT molecular complexity index is 698. The molecule has 0 unspecified atom stereocenters. The SMILES string of the molecule is O=C(O)c1cccc(NCc2cc3c(cc2O)OCO3)c1. The summed E-state index contributed by atoms with van der Waals surface area (Å²) in [4.78, 5) is 10.9. The van der Waals surface area contributed by atoms with E-state index in [4.69, 9.17) is 14.6 Å². The molecule has 6 nitrogen and oxygen atoms in total. The number of hydrogen-bond donors (Lipinski definition) is 3. The summed E-state index contributed by atoms with van der Waals surface area (Å²) in [5.74, 6) is 0.221. The van der Waals surface area contributed by atoms with Crippen LogP contribution in [0.25, 0.3) is 0 Å². The molecule has 0 fully saturated rings. The first-order valence-electron chi connectivity index (χ1n) is 6.32. The molecular weight excluding hydrogens is 274 g/mol. The van der Waals surface area contributed by atoms with Crippen molar-refractivity contribution in [3.8, 4) is 17.2 Å². The van der Waals surface area contributed by atoms with Gasteiger partial charge in [-0.3, -0.25) is 0 Å². The number of fused-ring (bicyclic) bond motifs is 1. The van der Waals surface area contributed by atoms with Crippen LogP contribution in [0.2, 0.25) is 0 Å². The monoisotopic (exact) mass is 287 g/mol. The molecule has 0 aliphatic carbocycles. The van der Waals surface area contributed by atoms with E-state index < -0.39 is 5.97 Å². The van der Waals surface area contributed by atoms with E-state index >= 15 is 0 Å². The number of nitrogens with one attached hydrogen (secondary N) is 1. The average molecular weight is 287 g/mol. The second-order valence-corrected chi connectivity index (χ2v) is 4.57. The van der Waals surface area contributed by atoms with E-state index in [2.05, 4.69) is 5.32 Å². The van der Waals surface area contributed by atoms with Crippen molar-refractivity contribution in [1.29, 1.82) is 0 Å². The molecule has 0 radical (unpaired) electrons. The maximum Gasteiger partial charge on any atom is 0.335 e. The van der Waals surface area contributed by atoms with Crippen LogP contribution in [0.4, 0.5) is 5.69 Å². The lowest BCUT2D eigenvalue weighted by molar-refractivity contribution is 0.0697. The quantitative estimate of drug-likeness (QED) is 0.800. The maximum absolute atomic E-state index is 10.9. The molecule has 2 aromatic carbocycles. The normalized spacial score (nSPS) is 12.2. The highest BCUT2D eigenvalue weighted by atomic mass is 16.7. The number of ether oxygens (including phenoxy) is 2. The third-order valence-electron chi connectivity index (χ3n) is 3.17. The van der Waals surface area contributed by atoms with Crippen molar-refractivity contribution in [2.45, 2.75) is 6.54 Å². The van der Waals surface area contributed by atoms with Crippen LogP contribution in [0.3, 0.4) is 0 Å². The predicted octanol–water partition coefficient (Wildman–Crippen LogP) is 2.43. The van der Waals surface area contributed by atoms with Crippen molar-refractivity contribution in [3.05, 3.63) is 47.5 Å².